The van der Waals surface area contributed by atoms with Crippen molar-refractivity contribution in [1.82, 2.24) is 4.90 Å². The normalized spacial score (nSPS) is 10.9. The highest BCUT2D eigenvalue weighted by molar-refractivity contribution is 5.22. The first-order valence-electron chi connectivity index (χ1n) is 6.29. The first kappa shape index (κ1) is 13.7. The molecule has 1 N–H and O–H groups in total. The minimum absolute atomic E-state index is 0.0689. The number of hydrogen-bond donors (Lipinski definition) is 1. The van der Waals surface area contributed by atoms with Gasteiger partial charge in [0.2, 0.25) is 0 Å². The molecule has 0 spiro atoms. The quantitative estimate of drug-likeness (QED) is 0.892. The molecule has 100 valence electrons. The van der Waals surface area contributed by atoms with E-state index >= 15 is 0 Å². The lowest BCUT2D eigenvalue weighted by Crippen LogP contribution is -2.17. The fourth-order valence-electron chi connectivity index (χ4n) is 2.06. The minimum atomic E-state index is -0.196. The molecule has 0 unspecified atom stereocenters. The van der Waals surface area contributed by atoms with E-state index in [0.717, 1.165) is 17.7 Å². The third-order valence-corrected chi connectivity index (χ3v) is 3.00. The molecule has 0 bridgehead atoms. The summed E-state index contributed by atoms with van der Waals surface area (Å²) in [7, 11) is 2.00. The molecule has 0 radical (unpaired) electrons. The molecule has 0 saturated carbocycles. The smallest absolute Gasteiger partial charge is 0.123 e. The van der Waals surface area contributed by atoms with Crippen LogP contribution in [0.4, 0.5) is 4.39 Å². The summed E-state index contributed by atoms with van der Waals surface area (Å²) < 4.78 is 13.1. The molecule has 19 heavy (non-hydrogen) atoms. The topological polar surface area (TPSA) is 23.5 Å². The molecule has 2 nitrogen and oxygen atoms in total. The first-order valence-corrected chi connectivity index (χ1v) is 6.29. The molecule has 0 atom stereocenters. The third-order valence-electron chi connectivity index (χ3n) is 3.00. The molecular formula is C16H18FNO. The van der Waals surface area contributed by atoms with Crippen molar-refractivity contribution in [1.29, 1.82) is 0 Å². The number of aliphatic hydroxyl groups is 1. The van der Waals surface area contributed by atoms with Gasteiger partial charge in [-0.05, 0) is 35.9 Å². The molecule has 0 aromatic heterocycles. The van der Waals surface area contributed by atoms with Crippen molar-refractivity contribution in [3.8, 4) is 0 Å². The van der Waals surface area contributed by atoms with Crippen LogP contribution in [-0.2, 0) is 19.7 Å². The second kappa shape index (κ2) is 6.45. The molecule has 2 rings (SSSR count). The van der Waals surface area contributed by atoms with Crippen molar-refractivity contribution in [2.24, 2.45) is 0 Å². The van der Waals surface area contributed by atoms with Gasteiger partial charge in [-0.25, -0.2) is 4.39 Å². The Labute approximate surface area is 113 Å². The molecule has 2 aromatic carbocycles. The summed E-state index contributed by atoms with van der Waals surface area (Å²) in [4.78, 5) is 2.13. The summed E-state index contributed by atoms with van der Waals surface area (Å²) in [6.45, 7) is 1.57. The van der Waals surface area contributed by atoms with Crippen molar-refractivity contribution in [3.63, 3.8) is 0 Å². The van der Waals surface area contributed by atoms with E-state index in [1.807, 2.05) is 37.4 Å². The zero-order chi connectivity index (χ0) is 13.7. The van der Waals surface area contributed by atoms with Gasteiger partial charge in [0.25, 0.3) is 0 Å². The van der Waals surface area contributed by atoms with Crippen LogP contribution in [0.25, 0.3) is 0 Å². The predicted octanol–water partition coefficient (Wildman–Crippen LogP) is 2.95. The van der Waals surface area contributed by atoms with E-state index in [2.05, 4.69) is 4.90 Å². The molecule has 0 aliphatic heterocycles. The number of aliphatic hydroxyl groups excluding tert-OH is 1. The van der Waals surface area contributed by atoms with Gasteiger partial charge in [-0.15, -0.1) is 0 Å². The molecule has 3 heteroatoms. The zero-order valence-electron chi connectivity index (χ0n) is 11.0. The predicted molar refractivity (Wildman–Crippen MR) is 73.9 cm³/mol. The molecule has 0 fully saturated rings. The minimum Gasteiger partial charge on any atom is -0.392 e. The van der Waals surface area contributed by atoms with E-state index in [1.54, 1.807) is 12.1 Å². The average Bonchev–Trinajstić information content (AvgIpc) is 2.39. The second-order valence-corrected chi connectivity index (χ2v) is 4.78. The lowest BCUT2D eigenvalue weighted by atomic mass is 10.1. The molecule has 0 amide bonds. The fourth-order valence-corrected chi connectivity index (χ4v) is 2.06. The lowest BCUT2D eigenvalue weighted by molar-refractivity contribution is 0.281. The highest BCUT2D eigenvalue weighted by Crippen LogP contribution is 2.10. The van der Waals surface area contributed by atoms with E-state index in [9.17, 15) is 4.39 Å². The van der Waals surface area contributed by atoms with Crippen LogP contribution in [0.5, 0.6) is 0 Å². The van der Waals surface area contributed by atoms with Crippen molar-refractivity contribution < 1.29 is 9.50 Å². The number of hydrogen-bond acceptors (Lipinski definition) is 2. The third kappa shape index (κ3) is 4.16. The van der Waals surface area contributed by atoms with Gasteiger partial charge >= 0.3 is 0 Å². The summed E-state index contributed by atoms with van der Waals surface area (Å²) in [5.41, 5.74) is 3.06. The summed E-state index contributed by atoms with van der Waals surface area (Å²) in [5.74, 6) is -0.196. The monoisotopic (exact) mass is 259 g/mol. The Morgan fingerprint density at radius 3 is 2.21 bits per heavy atom. The van der Waals surface area contributed by atoms with Crippen LogP contribution in [0.15, 0.2) is 48.5 Å². The number of benzene rings is 2. The Morgan fingerprint density at radius 1 is 0.947 bits per heavy atom. The Kier molecular flexibility index (Phi) is 4.66. The van der Waals surface area contributed by atoms with Crippen molar-refractivity contribution in [2.45, 2.75) is 19.7 Å². The Hall–Kier alpha value is -1.71. The number of nitrogens with zero attached hydrogens (tertiary/aromatic N) is 1. The summed E-state index contributed by atoms with van der Waals surface area (Å²) in [5, 5.41) is 8.99. The summed E-state index contributed by atoms with van der Waals surface area (Å²) >= 11 is 0. The number of halogens is 1. The van der Waals surface area contributed by atoms with Gasteiger partial charge in [0.15, 0.2) is 0 Å². The first-order chi connectivity index (χ1) is 9.17. The standard InChI is InChI=1S/C16H18FNO/c1-18(11-15-3-2-4-16(17)9-15)10-13-5-7-14(12-19)8-6-13/h2-9,19H,10-12H2,1H3. The SMILES string of the molecule is CN(Cc1ccc(CO)cc1)Cc1cccc(F)c1. The fraction of sp³-hybridized carbons (Fsp3) is 0.250. The van der Waals surface area contributed by atoms with E-state index in [0.29, 0.717) is 6.54 Å². The highest BCUT2D eigenvalue weighted by atomic mass is 19.1. The van der Waals surface area contributed by atoms with Crippen LogP contribution in [0.2, 0.25) is 0 Å². The van der Waals surface area contributed by atoms with Gasteiger partial charge in [-0.2, -0.15) is 0 Å². The maximum Gasteiger partial charge on any atom is 0.123 e. The lowest BCUT2D eigenvalue weighted by Gasteiger charge is -2.17. The van der Waals surface area contributed by atoms with Crippen LogP contribution in [0.3, 0.4) is 0 Å². The van der Waals surface area contributed by atoms with E-state index < -0.39 is 0 Å². The van der Waals surface area contributed by atoms with Crippen molar-refractivity contribution in [3.05, 3.63) is 71.0 Å². The maximum atomic E-state index is 13.1. The van der Waals surface area contributed by atoms with Gasteiger partial charge < -0.3 is 5.11 Å². The van der Waals surface area contributed by atoms with Crippen molar-refractivity contribution >= 4 is 0 Å². The molecule has 0 saturated heterocycles. The number of rotatable bonds is 5. The van der Waals surface area contributed by atoms with Crippen LogP contribution >= 0.6 is 0 Å². The highest BCUT2D eigenvalue weighted by Gasteiger charge is 2.03. The molecule has 2 aromatic rings. The van der Waals surface area contributed by atoms with Crippen molar-refractivity contribution in [2.75, 3.05) is 7.05 Å². The Balaban J connectivity index is 1.95. The van der Waals surface area contributed by atoms with Crippen LogP contribution in [0.1, 0.15) is 16.7 Å². The van der Waals surface area contributed by atoms with Gasteiger partial charge in [-0.1, -0.05) is 36.4 Å². The van der Waals surface area contributed by atoms with Crippen LogP contribution < -0.4 is 0 Å². The maximum absolute atomic E-state index is 13.1. The van der Waals surface area contributed by atoms with Gasteiger partial charge in [0, 0.05) is 13.1 Å². The molecule has 0 aliphatic rings. The molecule has 0 aliphatic carbocycles. The van der Waals surface area contributed by atoms with E-state index in [4.69, 9.17) is 5.11 Å². The average molecular weight is 259 g/mol. The summed E-state index contributed by atoms with van der Waals surface area (Å²) in [6.07, 6.45) is 0. The largest absolute Gasteiger partial charge is 0.392 e. The van der Waals surface area contributed by atoms with Crippen LogP contribution in [0, 0.1) is 5.82 Å². The van der Waals surface area contributed by atoms with Crippen LogP contribution in [-0.4, -0.2) is 17.1 Å². The van der Waals surface area contributed by atoms with Gasteiger partial charge in [-0.3, -0.25) is 4.90 Å². The Morgan fingerprint density at radius 2 is 1.58 bits per heavy atom. The Bertz CT molecular complexity index is 525. The zero-order valence-corrected chi connectivity index (χ0v) is 11.0. The van der Waals surface area contributed by atoms with Gasteiger partial charge in [0.1, 0.15) is 5.82 Å². The van der Waals surface area contributed by atoms with Gasteiger partial charge in [0.05, 0.1) is 6.61 Å². The molecular weight excluding hydrogens is 241 g/mol. The summed E-state index contributed by atoms with van der Waals surface area (Å²) in [6, 6.07) is 14.5. The van der Waals surface area contributed by atoms with E-state index in [-0.39, 0.29) is 12.4 Å². The molecule has 0 heterocycles. The second-order valence-electron chi connectivity index (χ2n) is 4.78. The van der Waals surface area contributed by atoms with E-state index in [1.165, 1.54) is 11.6 Å².